The van der Waals surface area contributed by atoms with E-state index in [9.17, 15) is 0 Å². The highest BCUT2D eigenvalue weighted by molar-refractivity contribution is 9.10. The van der Waals surface area contributed by atoms with Crippen LogP contribution in [0.25, 0.3) is 0 Å². The van der Waals surface area contributed by atoms with Crippen LogP contribution in [-0.4, -0.2) is 47.0 Å². The molecule has 0 N–H and O–H groups in total. The number of halogens is 9. The Hall–Kier alpha value is 0.180. The SMILES string of the molecule is CCCCCCCCCC(CC=CCC=CCCBr)(CCCCCCCCCCC=C=CCBr)C(CCCCCCCCC=C=CCBr)(CCCCCCCCCC=C=CCBr)/C(CCCCCCCC=C=CCBr)=C(/CCCCCCC=C=CCBr)C(Br)(CCCCC=C=CCBr)CCCCCC=C=CCBr. The van der Waals surface area contributed by atoms with Gasteiger partial charge >= 0.3 is 0 Å². The highest BCUT2D eigenvalue weighted by Crippen LogP contribution is 2.63. The van der Waals surface area contributed by atoms with Crippen molar-refractivity contribution in [3.05, 3.63) is 161 Å². The van der Waals surface area contributed by atoms with Crippen molar-refractivity contribution in [2.75, 3.05) is 42.6 Å². The van der Waals surface area contributed by atoms with Crippen LogP contribution < -0.4 is 0 Å². The van der Waals surface area contributed by atoms with Gasteiger partial charge in [-0.1, -0.05) is 398 Å². The Bertz CT molecular complexity index is 2590. The summed E-state index contributed by atoms with van der Waals surface area (Å²) in [6.45, 7) is 2.39. The quantitative estimate of drug-likeness (QED) is 0.0246. The van der Waals surface area contributed by atoms with Gasteiger partial charge < -0.3 is 0 Å². The molecule has 616 valence electrons. The second-order valence-corrected chi connectivity index (χ2v) is 37.1. The van der Waals surface area contributed by atoms with E-state index in [1.807, 2.05) is 11.1 Å². The molecular formula is C99H157Br9. The first kappa shape index (κ1) is 108. The minimum absolute atomic E-state index is 0.0637. The monoisotopic (exact) mass is 2060 g/mol. The summed E-state index contributed by atoms with van der Waals surface area (Å²) in [6.07, 6.45) is 118. The van der Waals surface area contributed by atoms with Gasteiger partial charge in [-0.05, 0) is 269 Å². The molecule has 0 aromatic heterocycles. The third-order valence-electron chi connectivity index (χ3n) is 21.6. The first-order chi connectivity index (χ1) is 53.3. The number of alkyl halides is 9. The normalized spacial score (nSPS) is 13.1. The first-order valence-corrected chi connectivity index (χ1v) is 54.0. The lowest BCUT2D eigenvalue weighted by atomic mass is 9.49. The fourth-order valence-corrected chi connectivity index (χ4v) is 18.4. The van der Waals surface area contributed by atoms with Crippen LogP contribution in [0.15, 0.2) is 161 Å². The zero-order valence-corrected chi connectivity index (χ0v) is 83.2. The zero-order valence-electron chi connectivity index (χ0n) is 68.9. The summed E-state index contributed by atoms with van der Waals surface area (Å²) in [6, 6.07) is 0. The number of unbranched alkanes of at least 4 members (excludes halogenated alkanes) is 41. The zero-order chi connectivity index (χ0) is 78.4. The summed E-state index contributed by atoms with van der Waals surface area (Å²) in [5.41, 5.74) is 28.2. The Morgan fingerprint density at radius 3 is 0.815 bits per heavy atom. The van der Waals surface area contributed by atoms with Crippen LogP contribution in [0.1, 0.15) is 392 Å². The highest BCUT2D eigenvalue weighted by Gasteiger charge is 2.52. The molecule has 0 aliphatic carbocycles. The number of hydrogen-bond donors (Lipinski definition) is 0. The Morgan fingerprint density at radius 2 is 0.491 bits per heavy atom. The Balaban J connectivity index is 9.70. The van der Waals surface area contributed by atoms with Gasteiger partial charge in [-0.25, -0.2) is 0 Å². The van der Waals surface area contributed by atoms with E-state index >= 15 is 0 Å². The largest absolute Gasteiger partial charge is 0.129 e. The van der Waals surface area contributed by atoms with Crippen LogP contribution in [0, 0.1) is 10.8 Å². The molecule has 0 nitrogen and oxygen atoms in total. The van der Waals surface area contributed by atoms with Crippen LogP contribution in [0.5, 0.6) is 0 Å². The molecular weight excluding hydrogens is 1910 g/mol. The van der Waals surface area contributed by atoms with Crippen LogP contribution in [0.3, 0.4) is 0 Å². The van der Waals surface area contributed by atoms with E-state index in [4.69, 9.17) is 15.9 Å². The van der Waals surface area contributed by atoms with Crippen molar-refractivity contribution in [2.45, 2.75) is 396 Å². The Labute approximate surface area is 746 Å². The molecule has 0 saturated carbocycles. The van der Waals surface area contributed by atoms with E-state index in [-0.39, 0.29) is 15.2 Å². The maximum Gasteiger partial charge on any atom is 0.0468 e. The molecule has 0 aliphatic rings. The van der Waals surface area contributed by atoms with E-state index in [2.05, 4.69) is 284 Å². The van der Waals surface area contributed by atoms with Gasteiger partial charge in [0.2, 0.25) is 0 Å². The van der Waals surface area contributed by atoms with Gasteiger partial charge in [-0.2, -0.15) is 0 Å². The average Bonchev–Trinajstić information content (AvgIpc) is 0.733. The Morgan fingerprint density at radius 1 is 0.241 bits per heavy atom. The summed E-state index contributed by atoms with van der Waals surface area (Å²) >= 11 is 34.0. The van der Waals surface area contributed by atoms with E-state index < -0.39 is 0 Å². The van der Waals surface area contributed by atoms with Gasteiger partial charge in [-0.3, -0.25) is 0 Å². The minimum atomic E-state index is -0.0775. The van der Waals surface area contributed by atoms with Gasteiger partial charge in [0.25, 0.3) is 0 Å². The molecule has 0 aromatic carbocycles. The van der Waals surface area contributed by atoms with Crippen molar-refractivity contribution in [1.29, 1.82) is 0 Å². The molecule has 0 aromatic rings. The topological polar surface area (TPSA) is 0 Å². The molecule has 108 heavy (non-hydrogen) atoms. The summed E-state index contributed by atoms with van der Waals surface area (Å²) in [5, 5.41) is 7.11. The van der Waals surface area contributed by atoms with E-state index in [0.717, 1.165) is 100 Å². The van der Waals surface area contributed by atoms with Gasteiger partial charge in [0.1, 0.15) is 0 Å². The molecule has 3 atom stereocenters. The Kier molecular flexibility index (Phi) is 88.1. The predicted molar refractivity (Wildman–Crippen MR) is 523 cm³/mol. The molecule has 0 radical (unpaired) electrons. The molecule has 0 rings (SSSR count). The summed E-state index contributed by atoms with van der Waals surface area (Å²) in [5.74, 6) is 0. The number of hydrogen-bond acceptors (Lipinski definition) is 0. The number of rotatable bonds is 80. The van der Waals surface area contributed by atoms with Crippen molar-refractivity contribution in [1.82, 2.24) is 0 Å². The third kappa shape index (κ3) is 65.2. The van der Waals surface area contributed by atoms with Crippen molar-refractivity contribution in [3.8, 4) is 0 Å². The number of allylic oxidation sites excluding steroid dienone is 13. The van der Waals surface area contributed by atoms with Gasteiger partial charge in [0.05, 0.1) is 0 Å². The molecule has 9 heteroatoms. The van der Waals surface area contributed by atoms with Crippen molar-refractivity contribution in [2.24, 2.45) is 10.8 Å². The standard InChI is InChI=1S/C99H157Br9/c1-2-3-4-5-29-46-63-80-97(82-65-48-34-42-59-76-93-106,81-64-47-30-18-9-6-7-12-21-36-53-70-87-100)98(84-67-50-32-20-11-14-23-38-55-72-89-102,83-66-49-31-19-10-8-13-22-37-54-71-88-101)95(78-61-44-27-16-15-24-39-56-73-90-103)96(79-62-45-28-17-25-40-57-74-91-104)99(108,86-69-52-35-43-60-77-94-107)85-68-51-33-26-41-58-75-92-105/h36-43,48,59,65,70-75,77H,2-35,44-47,49-52,61-64,66-69,76,78-94H2,1H3/b59-42?,65-48?,96-95-. The van der Waals surface area contributed by atoms with Crippen LogP contribution in [0.2, 0.25) is 0 Å². The van der Waals surface area contributed by atoms with E-state index in [0.29, 0.717) is 0 Å². The fraction of sp³-hybridized carbons (Fsp3) is 0.727. The fourth-order valence-electron chi connectivity index (χ4n) is 15.9. The molecule has 0 fully saturated rings. The highest BCUT2D eigenvalue weighted by atomic mass is 79.9. The first-order valence-electron chi connectivity index (χ1n) is 44.3. The van der Waals surface area contributed by atoms with Crippen molar-refractivity contribution >= 4 is 143 Å². The predicted octanol–water partition coefficient (Wildman–Crippen LogP) is 38.1. The maximum atomic E-state index is 5.16. The molecule has 0 heterocycles. The summed E-state index contributed by atoms with van der Waals surface area (Å²) in [4.78, 5) is 0. The van der Waals surface area contributed by atoms with Crippen molar-refractivity contribution < 1.29 is 0 Å². The van der Waals surface area contributed by atoms with Crippen LogP contribution in [0.4, 0.5) is 0 Å². The average molecular weight is 2070 g/mol. The lowest BCUT2D eigenvalue weighted by molar-refractivity contribution is 0.0168. The van der Waals surface area contributed by atoms with Gasteiger partial charge in [-0.15, -0.1) is 40.1 Å². The van der Waals surface area contributed by atoms with Gasteiger partial charge in [0, 0.05) is 47.0 Å². The lowest BCUT2D eigenvalue weighted by Gasteiger charge is -2.56. The smallest absolute Gasteiger partial charge is 0.0468 e. The molecule has 0 aliphatic heterocycles. The third-order valence-corrected chi connectivity index (χ3v) is 25.6. The summed E-state index contributed by atoms with van der Waals surface area (Å²) in [7, 11) is 0. The molecule has 3 unspecified atom stereocenters. The molecule has 0 spiro atoms. The van der Waals surface area contributed by atoms with E-state index in [1.165, 1.54) is 327 Å². The maximum absolute atomic E-state index is 5.16. The van der Waals surface area contributed by atoms with Gasteiger partial charge in [0.15, 0.2) is 0 Å². The molecule has 0 saturated heterocycles. The van der Waals surface area contributed by atoms with E-state index in [1.54, 1.807) is 0 Å². The second kappa shape index (κ2) is 88.0. The lowest BCUT2D eigenvalue weighted by Crippen LogP contribution is -2.46. The second-order valence-electron chi connectivity index (χ2n) is 30.3. The minimum Gasteiger partial charge on any atom is -0.129 e. The molecule has 0 bridgehead atoms. The van der Waals surface area contributed by atoms with Crippen LogP contribution in [-0.2, 0) is 0 Å². The molecule has 0 amide bonds. The summed E-state index contributed by atoms with van der Waals surface area (Å²) < 4.78 is -0.0775. The van der Waals surface area contributed by atoms with Crippen LogP contribution >= 0.6 is 143 Å². The van der Waals surface area contributed by atoms with Crippen molar-refractivity contribution in [3.63, 3.8) is 0 Å².